The lowest BCUT2D eigenvalue weighted by molar-refractivity contribution is -0.118. The molecule has 0 unspecified atom stereocenters. The van der Waals surface area contributed by atoms with Gasteiger partial charge >= 0.3 is 0 Å². The van der Waals surface area contributed by atoms with E-state index in [2.05, 4.69) is 20.1 Å². The molecule has 26 heavy (non-hydrogen) atoms. The van der Waals surface area contributed by atoms with Crippen LogP contribution in [0.4, 0.5) is 5.13 Å². The number of anilines is 1. The quantitative estimate of drug-likeness (QED) is 0.623. The first-order valence-corrected chi connectivity index (χ1v) is 10.5. The maximum Gasteiger partial charge on any atom is 0.253 e. The number of thiazole rings is 1. The van der Waals surface area contributed by atoms with Gasteiger partial charge in [-0.3, -0.25) is 9.69 Å². The van der Waals surface area contributed by atoms with Gasteiger partial charge in [-0.2, -0.15) is 4.98 Å². The van der Waals surface area contributed by atoms with Crippen LogP contribution in [0.25, 0.3) is 5.78 Å². The predicted molar refractivity (Wildman–Crippen MR) is 103 cm³/mol. The summed E-state index contributed by atoms with van der Waals surface area (Å²) >= 11 is 2.89. The number of thioether (sulfide) groups is 1. The van der Waals surface area contributed by atoms with E-state index in [1.165, 1.54) is 42.4 Å². The topological polar surface area (TPSA) is 76.3 Å². The van der Waals surface area contributed by atoms with Crippen LogP contribution < -0.4 is 4.90 Å². The summed E-state index contributed by atoms with van der Waals surface area (Å²) in [5.74, 6) is 0.613. The van der Waals surface area contributed by atoms with Crippen LogP contribution in [0.3, 0.4) is 0 Å². The molecule has 0 aliphatic heterocycles. The third-order valence-electron chi connectivity index (χ3n) is 4.53. The molecule has 0 spiro atoms. The lowest BCUT2D eigenvalue weighted by Gasteiger charge is -2.33. The molecule has 9 heteroatoms. The predicted octanol–water partition coefficient (Wildman–Crippen LogP) is 3.43. The Bertz CT molecular complexity index is 841. The Balaban J connectivity index is 1.54. The fourth-order valence-electron chi connectivity index (χ4n) is 3.27. The SMILES string of the molecule is C[C@H](Sc1nc2ncccn2n1)C(=O)N(c1nccs1)C1CCCCC1. The fraction of sp³-hybridized carbons (Fsp3) is 0.471. The van der Waals surface area contributed by atoms with Crippen LogP contribution in [0, 0.1) is 0 Å². The van der Waals surface area contributed by atoms with Gasteiger partial charge in [0.15, 0.2) is 5.13 Å². The van der Waals surface area contributed by atoms with E-state index < -0.39 is 0 Å². The van der Waals surface area contributed by atoms with Crippen molar-refractivity contribution in [3.63, 3.8) is 0 Å². The third-order valence-corrected chi connectivity index (χ3v) is 6.24. The first-order valence-electron chi connectivity index (χ1n) is 8.79. The van der Waals surface area contributed by atoms with Crippen molar-refractivity contribution in [2.45, 2.75) is 55.5 Å². The molecule has 0 radical (unpaired) electrons. The second kappa shape index (κ2) is 7.71. The van der Waals surface area contributed by atoms with E-state index in [-0.39, 0.29) is 17.2 Å². The highest BCUT2D eigenvalue weighted by Crippen LogP contribution is 2.32. The molecular formula is C17H20N6OS2. The highest BCUT2D eigenvalue weighted by Gasteiger charge is 2.32. The maximum absolute atomic E-state index is 13.3. The van der Waals surface area contributed by atoms with Gasteiger partial charge in [-0.05, 0) is 25.8 Å². The van der Waals surface area contributed by atoms with Gasteiger partial charge in [0.25, 0.3) is 5.78 Å². The molecule has 1 aliphatic carbocycles. The number of aromatic nitrogens is 5. The molecule has 0 N–H and O–H groups in total. The second-order valence-electron chi connectivity index (χ2n) is 6.33. The van der Waals surface area contributed by atoms with Crippen LogP contribution in [0.2, 0.25) is 0 Å². The molecule has 1 amide bonds. The van der Waals surface area contributed by atoms with Crippen molar-refractivity contribution in [2.75, 3.05) is 4.90 Å². The van der Waals surface area contributed by atoms with Crippen molar-refractivity contribution in [1.82, 2.24) is 24.6 Å². The van der Waals surface area contributed by atoms with Gasteiger partial charge in [-0.15, -0.1) is 16.4 Å². The van der Waals surface area contributed by atoms with E-state index in [9.17, 15) is 4.79 Å². The average molecular weight is 389 g/mol. The number of fused-ring (bicyclic) bond motifs is 1. The third kappa shape index (κ3) is 3.59. The molecular weight excluding hydrogens is 368 g/mol. The van der Waals surface area contributed by atoms with Crippen LogP contribution in [0.1, 0.15) is 39.0 Å². The minimum absolute atomic E-state index is 0.0728. The van der Waals surface area contributed by atoms with Gasteiger partial charge in [-0.1, -0.05) is 31.0 Å². The van der Waals surface area contributed by atoms with Crippen molar-refractivity contribution in [2.24, 2.45) is 0 Å². The lowest BCUT2D eigenvalue weighted by Crippen LogP contribution is -2.45. The number of hydrogen-bond acceptors (Lipinski definition) is 7. The molecule has 0 aromatic carbocycles. The Kier molecular flexibility index (Phi) is 5.16. The molecule has 0 bridgehead atoms. The molecule has 1 fully saturated rings. The smallest absolute Gasteiger partial charge is 0.253 e. The van der Waals surface area contributed by atoms with E-state index in [0.29, 0.717) is 10.9 Å². The summed E-state index contributed by atoms with van der Waals surface area (Å²) in [6.45, 7) is 1.91. The molecule has 3 heterocycles. The highest BCUT2D eigenvalue weighted by molar-refractivity contribution is 8.00. The molecule has 0 saturated heterocycles. The highest BCUT2D eigenvalue weighted by atomic mass is 32.2. The molecule has 1 atom stereocenters. The van der Waals surface area contributed by atoms with Gasteiger partial charge in [0.05, 0.1) is 5.25 Å². The van der Waals surface area contributed by atoms with Gasteiger partial charge in [0.2, 0.25) is 11.1 Å². The number of carbonyl (C=O) groups excluding carboxylic acids is 1. The lowest BCUT2D eigenvalue weighted by atomic mass is 9.94. The van der Waals surface area contributed by atoms with Crippen LogP contribution in [0.5, 0.6) is 0 Å². The molecule has 3 aromatic rings. The van der Waals surface area contributed by atoms with Crippen molar-refractivity contribution >= 4 is 39.9 Å². The van der Waals surface area contributed by atoms with Crippen molar-refractivity contribution in [3.8, 4) is 0 Å². The summed E-state index contributed by atoms with van der Waals surface area (Å²) < 4.78 is 1.62. The van der Waals surface area contributed by atoms with E-state index in [4.69, 9.17) is 0 Å². The van der Waals surface area contributed by atoms with Crippen molar-refractivity contribution < 1.29 is 4.79 Å². The van der Waals surface area contributed by atoms with Gasteiger partial charge in [-0.25, -0.2) is 14.5 Å². The summed E-state index contributed by atoms with van der Waals surface area (Å²) in [4.78, 5) is 28.1. The zero-order valence-electron chi connectivity index (χ0n) is 14.5. The number of hydrogen-bond donors (Lipinski definition) is 0. The standard InChI is InChI=1S/C17H20N6OS2/c1-12(26-16-20-15-18-8-5-10-22(15)21-16)14(24)23(17-19-9-11-25-17)13-6-3-2-4-7-13/h5,8-13H,2-4,6-7H2,1H3/t12-/m0/s1. The van der Waals surface area contributed by atoms with Crippen LogP contribution in [-0.2, 0) is 4.79 Å². The molecule has 136 valence electrons. The van der Waals surface area contributed by atoms with Gasteiger partial charge in [0.1, 0.15) is 0 Å². The van der Waals surface area contributed by atoms with Gasteiger partial charge in [0, 0.05) is 30.0 Å². The number of rotatable bonds is 5. The number of nitrogens with zero attached hydrogens (tertiary/aromatic N) is 6. The summed E-state index contributed by atoms with van der Waals surface area (Å²) in [6, 6.07) is 2.04. The zero-order chi connectivity index (χ0) is 17.9. The van der Waals surface area contributed by atoms with E-state index in [1.54, 1.807) is 29.2 Å². The second-order valence-corrected chi connectivity index (χ2v) is 8.51. The largest absolute Gasteiger partial charge is 0.284 e. The van der Waals surface area contributed by atoms with E-state index in [0.717, 1.165) is 18.0 Å². The fourth-order valence-corrected chi connectivity index (χ4v) is 4.79. The molecule has 4 rings (SSSR count). The summed E-state index contributed by atoms with van der Waals surface area (Å²) in [6.07, 6.45) is 10.9. The summed E-state index contributed by atoms with van der Waals surface area (Å²) in [5.41, 5.74) is 0. The Morgan fingerprint density at radius 2 is 2.15 bits per heavy atom. The summed E-state index contributed by atoms with van der Waals surface area (Å²) in [7, 11) is 0. The van der Waals surface area contributed by atoms with E-state index in [1.807, 2.05) is 17.2 Å². The first kappa shape index (κ1) is 17.4. The van der Waals surface area contributed by atoms with Crippen LogP contribution in [0.15, 0.2) is 35.2 Å². The Labute approximate surface area is 159 Å². The first-order chi connectivity index (χ1) is 12.7. The number of amides is 1. The molecule has 7 nitrogen and oxygen atoms in total. The monoisotopic (exact) mass is 388 g/mol. The van der Waals surface area contributed by atoms with Crippen LogP contribution >= 0.6 is 23.1 Å². The Morgan fingerprint density at radius 1 is 1.31 bits per heavy atom. The van der Waals surface area contributed by atoms with Crippen molar-refractivity contribution in [3.05, 3.63) is 30.0 Å². The molecule has 3 aromatic heterocycles. The summed E-state index contributed by atoms with van der Waals surface area (Å²) in [5, 5.41) is 7.37. The van der Waals surface area contributed by atoms with Crippen molar-refractivity contribution in [1.29, 1.82) is 0 Å². The number of carbonyl (C=O) groups is 1. The molecule has 1 aliphatic rings. The normalized spacial score (nSPS) is 16.7. The Morgan fingerprint density at radius 3 is 2.88 bits per heavy atom. The van der Waals surface area contributed by atoms with Gasteiger partial charge < -0.3 is 0 Å². The minimum atomic E-state index is -0.293. The van der Waals surface area contributed by atoms with E-state index >= 15 is 0 Å². The zero-order valence-corrected chi connectivity index (χ0v) is 16.1. The minimum Gasteiger partial charge on any atom is -0.284 e. The average Bonchev–Trinajstić information content (AvgIpc) is 3.32. The maximum atomic E-state index is 13.3. The van der Waals surface area contributed by atoms with Crippen LogP contribution in [-0.4, -0.2) is 41.8 Å². The molecule has 1 saturated carbocycles. The Hall–Kier alpha value is -2.00.